The van der Waals surface area contributed by atoms with E-state index in [4.69, 9.17) is 18.9 Å². The molecule has 4 rings (SSSR count). The summed E-state index contributed by atoms with van der Waals surface area (Å²) in [4.78, 5) is 26.7. The van der Waals surface area contributed by atoms with Crippen molar-refractivity contribution in [1.29, 1.82) is 0 Å². The second-order valence-electron chi connectivity index (χ2n) is 7.05. The van der Waals surface area contributed by atoms with E-state index < -0.39 is 18.2 Å². The van der Waals surface area contributed by atoms with Gasteiger partial charge in [-0.05, 0) is 18.2 Å². The van der Waals surface area contributed by atoms with E-state index in [0.29, 0.717) is 43.4 Å². The third-order valence-electron chi connectivity index (χ3n) is 5.14. The Kier molecular flexibility index (Phi) is 5.98. The quantitative estimate of drug-likeness (QED) is 0.670. The Balaban J connectivity index is 1.36. The Bertz CT molecular complexity index is 791. The summed E-state index contributed by atoms with van der Waals surface area (Å²) in [6.45, 7) is 2.09. The van der Waals surface area contributed by atoms with Crippen molar-refractivity contribution in [3.8, 4) is 11.5 Å². The number of fused-ring (bicyclic) bond motifs is 1. The van der Waals surface area contributed by atoms with Crippen LogP contribution in [0.4, 0.5) is 0 Å². The third-order valence-corrected chi connectivity index (χ3v) is 5.14. The molecule has 0 aromatic heterocycles. The van der Waals surface area contributed by atoms with E-state index in [1.807, 2.05) is 0 Å². The van der Waals surface area contributed by atoms with Crippen LogP contribution in [0.2, 0.25) is 0 Å². The van der Waals surface area contributed by atoms with Crippen LogP contribution in [-0.4, -0.2) is 79.8 Å². The Morgan fingerprint density at radius 3 is 2.72 bits per heavy atom. The van der Waals surface area contributed by atoms with Gasteiger partial charge in [0.05, 0.1) is 38.4 Å². The molecule has 29 heavy (non-hydrogen) atoms. The first-order valence-electron chi connectivity index (χ1n) is 9.64. The van der Waals surface area contributed by atoms with Gasteiger partial charge in [0.1, 0.15) is 6.10 Å². The van der Waals surface area contributed by atoms with E-state index in [9.17, 15) is 14.7 Å². The maximum atomic E-state index is 12.6. The number of amides is 2. The van der Waals surface area contributed by atoms with Crippen LogP contribution in [0.1, 0.15) is 16.8 Å². The molecule has 0 saturated carbocycles. The summed E-state index contributed by atoms with van der Waals surface area (Å²) in [5.74, 6) is 0.794. The van der Waals surface area contributed by atoms with E-state index >= 15 is 0 Å². The minimum absolute atomic E-state index is 0.0116. The number of morpholine rings is 1. The summed E-state index contributed by atoms with van der Waals surface area (Å²) in [6, 6.07) is 4.44. The van der Waals surface area contributed by atoms with Gasteiger partial charge in [-0.25, -0.2) is 0 Å². The molecule has 3 aliphatic heterocycles. The maximum absolute atomic E-state index is 12.6. The Labute approximate surface area is 168 Å². The van der Waals surface area contributed by atoms with Gasteiger partial charge < -0.3 is 34.3 Å². The lowest BCUT2D eigenvalue weighted by atomic mass is 10.0. The third kappa shape index (κ3) is 4.52. The Morgan fingerprint density at radius 1 is 1.14 bits per heavy atom. The molecule has 9 nitrogen and oxygen atoms in total. The van der Waals surface area contributed by atoms with E-state index in [1.165, 1.54) is 0 Å². The summed E-state index contributed by atoms with van der Waals surface area (Å²) in [6.07, 6.45) is 2.64. The van der Waals surface area contributed by atoms with Crippen LogP contribution in [0.5, 0.6) is 11.5 Å². The molecule has 0 bridgehead atoms. The van der Waals surface area contributed by atoms with Crippen molar-refractivity contribution >= 4 is 11.8 Å². The lowest BCUT2D eigenvalue weighted by molar-refractivity contribution is -0.139. The second kappa shape index (κ2) is 8.81. The minimum Gasteiger partial charge on any atom is -0.454 e. The van der Waals surface area contributed by atoms with Gasteiger partial charge in [-0.15, -0.1) is 0 Å². The number of benzene rings is 1. The first kappa shape index (κ1) is 19.7. The van der Waals surface area contributed by atoms with E-state index in [2.05, 4.69) is 5.32 Å². The van der Waals surface area contributed by atoms with Crippen molar-refractivity contribution in [2.45, 2.75) is 24.7 Å². The van der Waals surface area contributed by atoms with Crippen LogP contribution >= 0.6 is 0 Å². The summed E-state index contributed by atoms with van der Waals surface area (Å²) in [5, 5.41) is 12.6. The molecule has 3 heterocycles. The van der Waals surface area contributed by atoms with E-state index in [0.717, 1.165) is 0 Å². The number of aliphatic hydroxyl groups is 1. The highest BCUT2D eigenvalue weighted by atomic mass is 16.7. The van der Waals surface area contributed by atoms with Gasteiger partial charge in [-0.1, -0.05) is 12.2 Å². The largest absolute Gasteiger partial charge is 0.454 e. The predicted octanol–water partition coefficient (Wildman–Crippen LogP) is 0.0785. The molecule has 156 valence electrons. The smallest absolute Gasteiger partial charge is 0.251 e. The fraction of sp³-hybridized carbons (Fsp3) is 0.500. The Morgan fingerprint density at radius 2 is 1.93 bits per heavy atom. The van der Waals surface area contributed by atoms with Crippen molar-refractivity contribution in [2.24, 2.45) is 0 Å². The molecule has 0 aliphatic carbocycles. The fourth-order valence-electron chi connectivity index (χ4n) is 3.52. The number of ether oxygens (including phenoxy) is 4. The molecule has 3 atom stereocenters. The number of hydrogen-bond acceptors (Lipinski definition) is 7. The Hall–Kier alpha value is -2.62. The standard InChI is InChI=1S/C20H24N2O7/c23-11-18-15(21-20(25)13-1-4-16-17(9-13)28-12-27-16)3-2-14(29-18)10-19(24)22-5-7-26-8-6-22/h1-4,9,14-15,18,23H,5-8,10-12H2,(H,21,25)/t14-,15+,18-/m1/s1. The normalized spacial score (nSPS) is 25.7. The van der Waals surface area contributed by atoms with Crippen molar-refractivity contribution in [1.82, 2.24) is 10.2 Å². The zero-order chi connectivity index (χ0) is 20.2. The van der Waals surface area contributed by atoms with Crippen LogP contribution in [0, 0.1) is 0 Å². The van der Waals surface area contributed by atoms with Crippen LogP contribution in [0.25, 0.3) is 0 Å². The van der Waals surface area contributed by atoms with Gasteiger partial charge in [-0.2, -0.15) is 0 Å². The van der Waals surface area contributed by atoms with Crippen molar-refractivity contribution in [3.63, 3.8) is 0 Å². The summed E-state index contributed by atoms with van der Waals surface area (Å²) >= 11 is 0. The van der Waals surface area contributed by atoms with Crippen molar-refractivity contribution in [3.05, 3.63) is 35.9 Å². The summed E-state index contributed by atoms with van der Waals surface area (Å²) < 4.78 is 21.7. The highest BCUT2D eigenvalue weighted by Crippen LogP contribution is 2.32. The SMILES string of the molecule is O=C(N[C@H]1C=C[C@H](CC(=O)N2CCOCC2)O[C@@H]1CO)c1ccc2c(c1)OCO2. The van der Waals surface area contributed by atoms with E-state index in [-0.39, 0.29) is 31.6 Å². The first-order chi connectivity index (χ1) is 14.1. The molecule has 1 fully saturated rings. The lowest BCUT2D eigenvalue weighted by Gasteiger charge is -2.33. The monoisotopic (exact) mass is 404 g/mol. The highest BCUT2D eigenvalue weighted by Gasteiger charge is 2.30. The number of carbonyl (C=O) groups is 2. The molecule has 1 saturated heterocycles. The molecule has 0 spiro atoms. The zero-order valence-corrected chi connectivity index (χ0v) is 15.9. The van der Waals surface area contributed by atoms with E-state index in [1.54, 1.807) is 35.3 Å². The van der Waals surface area contributed by atoms with Gasteiger partial charge in [-0.3, -0.25) is 9.59 Å². The number of nitrogens with zero attached hydrogens (tertiary/aromatic N) is 1. The number of nitrogens with one attached hydrogen (secondary N) is 1. The molecule has 9 heteroatoms. The molecule has 3 aliphatic rings. The highest BCUT2D eigenvalue weighted by molar-refractivity contribution is 5.95. The molecule has 0 radical (unpaired) electrons. The van der Waals surface area contributed by atoms with Gasteiger partial charge in [0.25, 0.3) is 5.91 Å². The van der Waals surface area contributed by atoms with Gasteiger partial charge in [0.2, 0.25) is 12.7 Å². The predicted molar refractivity (Wildman–Crippen MR) is 101 cm³/mol. The van der Waals surface area contributed by atoms with Gasteiger partial charge in [0.15, 0.2) is 11.5 Å². The second-order valence-corrected chi connectivity index (χ2v) is 7.05. The van der Waals surface area contributed by atoms with Crippen LogP contribution in [0.15, 0.2) is 30.4 Å². The fourth-order valence-corrected chi connectivity index (χ4v) is 3.52. The zero-order valence-electron chi connectivity index (χ0n) is 15.9. The topological polar surface area (TPSA) is 107 Å². The summed E-state index contributed by atoms with van der Waals surface area (Å²) in [7, 11) is 0. The maximum Gasteiger partial charge on any atom is 0.251 e. The molecule has 2 amide bonds. The number of aliphatic hydroxyl groups excluding tert-OH is 1. The van der Waals surface area contributed by atoms with Gasteiger partial charge in [0, 0.05) is 18.7 Å². The van der Waals surface area contributed by atoms with Crippen molar-refractivity contribution < 1.29 is 33.6 Å². The lowest BCUT2D eigenvalue weighted by Crippen LogP contribution is -2.49. The molecule has 0 unspecified atom stereocenters. The first-order valence-corrected chi connectivity index (χ1v) is 9.64. The number of carbonyl (C=O) groups excluding carboxylic acids is 2. The molecular weight excluding hydrogens is 380 g/mol. The van der Waals surface area contributed by atoms with Gasteiger partial charge >= 0.3 is 0 Å². The summed E-state index contributed by atoms with van der Waals surface area (Å²) in [5.41, 5.74) is 0.420. The molecular formula is C20H24N2O7. The van der Waals surface area contributed by atoms with Crippen LogP contribution in [0.3, 0.4) is 0 Å². The average Bonchev–Trinajstić information content (AvgIpc) is 3.23. The molecule has 1 aromatic carbocycles. The van der Waals surface area contributed by atoms with Crippen LogP contribution in [-0.2, 0) is 14.3 Å². The average molecular weight is 404 g/mol. The number of hydrogen-bond donors (Lipinski definition) is 2. The molecule has 2 N–H and O–H groups in total. The minimum atomic E-state index is -0.638. The van der Waals surface area contributed by atoms with Crippen molar-refractivity contribution in [2.75, 3.05) is 39.7 Å². The molecule has 1 aromatic rings. The van der Waals surface area contributed by atoms with Crippen LogP contribution < -0.4 is 14.8 Å². The number of rotatable bonds is 5.